The molecule has 5 heteroatoms. The number of benzene rings is 1. The number of thioether (sulfide) groups is 1. The maximum absolute atomic E-state index is 9.86. The van der Waals surface area contributed by atoms with Crippen LogP contribution in [0.3, 0.4) is 0 Å². The zero-order chi connectivity index (χ0) is 11.8. The summed E-state index contributed by atoms with van der Waals surface area (Å²) in [5.41, 5.74) is 1.51. The molecular formula is C12H12N2O2S. The summed E-state index contributed by atoms with van der Waals surface area (Å²) in [5, 5.41) is 10.9. The molecule has 88 valence electrons. The monoisotopic (exact) mass is 248 g/mol. The van der Waals surface area contributed by atoms with Crippen molar-refractivity contribution in [3.8, 4) is 22.8 Å². The third kappa shape index (κ3) is 1.76. The summed E-state index contributed by atoms with van der Waals surface area (Å²) in [7, 11) is 1.61. The smallest absolute Gasteiger partial charge is 0.168 e. The second-order valence-electron chi connectivity index (χ2n) is 3.83. The number of fused-ring (bicyclic) bond motifs is 1. The van der Waals surface area contributed by atoms with Crippen LogP contribution in [-0.4, -0.2) is 27.5 Å². The van der Waals surface area contributed by atoms with E-state index in [2.05, 4.69) is 9.55 Å². The van der Waals surface area contributed by atoms with Crippen molar-refractivity contribution in [2.75, 3.05) is 12.9 Å². The Kier molecular flexibility index (Phi) is 2.48. The van der Waals surface area contributed by atoms with Gasteiger partial charge in [-0.25, -0.2) is 4.98 Å². The van der Waals surface area contributed by atoms with Gasteiger partial charge in [0.05, 0.1) is 12.8 Å². The fourth-order valence-corrected chi connectivity index (χ4v) is 2.83. The first-order valence-electron chi connectivity index (χ1n) is 5.35. The Labute approximate surface area is 103 Å². The van der Waals surface area contributed by atoms with Crippen molar-refractivity contribution in [3.05, 3.63) is 24.4 Å². The standard InChI is InChI=1S/C12H12N2O2S/c1-16-8-2-3-11(15)9(6-8)10-7-14-4-5-17-12(14)13-10/h2-3,6-7,15H,4-5H2,1H3. The van der Waals surface area contributed by atoms with Gasteiger partial charge in [-0.3, -0.25) is 0 Å². The lowest BCUT2D eigenvalue weighted by molar-refractivity contribution is 0.412. The Balaban J connectivity index is 2.07. The molecule has 0 aliphatic carbocycles. The molecule has 0 atom stereocenters. The van der Waals surface area contributed by atoms with Gasteiger partial charge >= 0.3 is 0 Å². The first-order chi connectivity index (χ1) is 8.28. The largest absolute Gasteiger partial charge is 0.507 e. The molecule has 0 amide bonds. The van der Waals surface area contributed by atoms with Gasteiger partial charge in [0.15, 0.2) is 5.16 Å². The van der Waals surface area contributed by atoms with E-state index < -0.39 is 0 Å². The minimum atomic E-state index is 0.229. The third-order valence-electron chi connectivity index (χ3n) is 2.78. The van der Waals surface area contributed by atoms with E-state index in [0.29, 0.717) is 5.56 Å². The van der Waals surface area contributed by atoms with E-state index in [1.54, 1.807) is 37.1 Å². The van der Waals surface area contributed by atoms with Gasteiger partial charge in [-0.1, -0.05) is 11.8 Å². The van der Waals surface area contributed by atoms with Crippen molar-refractivity contribution < 1.29 is 9.84 Å². The fourth-order valence-electron chi connectivity index (χ4n) is 1.89. The summed E-state index contributed by atoms with van der Waals surface area (Å²) >= 11 is 1.74. The number of methoxy groups -OCH3 is 1. The molecule has 1 aliphatic rings. The molecule has 1 N–H and O–H groups in total. The minimum absolute atomic E-state index is 0.229. The molecule has 0 bridgehead atoms. The summed E-state index contributed by atoms with van der Waals surface area (Å²) in [6.07, 6.45) is 1.98. The maximum Gasteiger partial charge on any atom is 0.168 e. The molecule has 17 heavy (non-hydrogen) atoms. The molecule has 0 spiro atoms. The van der Waals surface area contributed by atoms with Crippen LogP contribution >= 0.6 is 11.8 Å². The Bertz CT molecular complexity index is 544. The summed E-state index contributed by atoms with van der Waals surface area (Å²) in [5.74, 6) is 2.03. The van der Waals surface area contributed by atoms with Crippen molar-refractivity contribution in [2.45, 2.75) is 11.7 Å². The number of nitrogens with zero attached hydrogens (tertiary/aromatic N) is 2. The highest BCUT2D eigenvalue weighted by Crippen LogP contribution is 2.35. The summed E-state index contributed by atoms with van der Waals surface area (Å²) in [6.45, 7) is 0.984. The van der Waals surface area contributed by atoms with Gasteiger partial charge in [0.2, 0.25) is 0 Å². The molecule has 1 aliphatic heterocycles. The van der Waals surface area contributed by atoms with Crippen LogP contribution in [0.4, 0.5) is 0 Å². The Hall–Kier alpha value is -1.62. The normalized spacial score (nSPS) is 13.7. The predicted molar refractivity (Wildman–Crippen MR) is 66.6 cm³/mol. The van der Waals surface area contributed by atoms with Gasteiger partial charge in [-0.2, -0.15) is 0 Å². The topological polar surface area (TPSA) is 47.3 Å². The number of phenols is 1. The molecule has 2 heterocycles. The van der Waals surface area contributed by atoms with Gasteiger partial charge in [-0.15, -0.1) is 0 Å². The maximum atomic E-state index is 9.86. The van der Waals surface area contributed by atoms with Crippen LogP contribution in [0.5, 0.6) is 11.5 Å². The van der Waals surface area contributed by atoms with E-state index in [-0.39, 0.29) is 5.75 Å². The van der Waals surface area contributed by atoms with E-state index >= 15 is 0 Å². The van der Waals surface area contributed by atoms with Crippen molar-refractivity contribution >= 4 is 11.8 Å². The highest BCUT2D eigenvalue weighted by atomic mass is 32.2. The zero-order valence-corrected chi connectivity index (χ0v) is 10.2. The van der Waals surface area contributed by atoms with Gasteiger partial charge < -0.3 is 14.4 Å². The highest BCUT2D eigenvalue weighted by molar-refractivity contribution is 7.99. The molecule has 2 aromatic rings. The Morgan fingerprint density at radius 2 is 2.35 bits per heavy atom. The molecule has 1 aromatic carbocycles. The number of aromatic nitrogens is 2. The van der Waals surface area contributed by atoms with Crippen molar-refractivity contribution in [1.82, 2.24) is 9.55 Å². The van der Waals surface area contributed by atoms with Gasteiger partial charge in [-0.05, 0) is 18.2 Å². The van der Waals surface area contributed by atoms with E-state index in [9.17, 15) is 5.11 Å². The number of ether oxygens (including phenoxy) is 1. The first kappa shape index (κ1) is 10.5. The first-order valence-corrected chi connectivity index (χ1v) is 6.34. The van der Waals surface area contributed by atoms with Crippen LogP contribution in [0.25, 0.3) is 11.3 Å². The number of aryl methyl sites for hydroxylation is 1. The van der Waals surface area contributed by atoms with E-state index in [4.69, 9.17) is 4.74 Å². The van der Waals surface area contributed by atoms with Crippen molar-refractivity contribution in [1.29, 1.82) is 0 Å². The molecule has 1 aromatic heterocycles. The Morgan fingerprint density at radius 3 is 3.12 bits per heavy atom. The number of imidazole rings is 1. The van der Waals surface area contributed by atoms with Crippen LogP contribution in [0, 0.1) is 0 Å². The van der Waals surface area contributed by atoms with Crippen molar-refractivity contribution in [2.24, 2.45) is 0 Å². The lowest BCUT2D eigenvalue weighted by atomic mass is 10.1. The minimum Gasteiger partial charge on any atom is -0.507 e. The summed E-state index contributed by atoms with van der Waals surface area (Å²) in [6, 6.07) is 5.17. The van der Waals surface area contributed by atoms with E-state index in [0.717, 1.165) is 28.9 Å². The molecular weight excluding hydrogens is 236 g/mol. The Morgan fingerprint density at radius 1 is 1.47 bits per heavy atom. The average molecular weight is 248 g/mol. The molecule has 0 fully saturated rings. The predicted octanol–water partition coefficient (Wildman–Crippen LogP) is 2.37. The van der Waals surface area contributed by atoms with Gasteiger partial charge in [0.1, 0.15) is 11.5 Å². The molecule has 0 radical (unpaired) electrons. The highest BCUT2D eigenvalue weighted by Gasteiger charge is 2.17. The van der Waals surface area contributed by atoms with E-state index in [1.807, 2.05) is 6.20 Å². The van der Waals surface area contributed by atoms with Crippen LogP contribution in [0.2, 0.25) is 0 Å². The van der Waals surface area contributed by atoms with Crippen LogP contribution in [-0.2, 0) is 6.54 Å². The number of hydrogen-bond acceptors (Lipinski definition) is 4. The second kappa shape index (κ2) is 4.00. The van der Waals surface area contributed by atoms with Crippen molar-refractivity contribution in [3.63, 3.8) is 0 Å². The molecule has 0 saturated carbocycles. The quantitative estimate of drug-likeness (QED) is 0.886. The fraction of sp³-hybridized carbons (Fsp3) is 0.250. The zero-order valence-electron chi connectivity index (χ0n) is 9.38. The lowest BCUT2D eigenvalue weighted by Crippen LogP contribution is -1.89. The number of hydrogen-bond donors (Lipinski definition) is 1. The SMILES string of the molecule is COc1ccc(O)c(-c2cn3c(n2)SCC3)c1. The average Bonchev–Trinajstić information content (AvgIpc) is 2.90. The number of rotatable bonds is 2. The number of aromatic hydroxyl groups is 1. The summed E-state index contributed by atoms with van der Waals surface area (Å²) < 4.78 is 7.27. The third-order valence-corrected chi connectivity index (χ3v) is 3.75. The van der Waals surface area contributed by atoms with Gasteiger partial charge in [0.25, 0.3) is 0 Å². The second-order valence-corrected chi connectivity index (χ2v) is 4.90. The number of phenolic OH excluding ortho intramolecular Hbond substituents is 1. The van der Waals surface area contributed by atoms with Crippen LogP contribution in [0.1, 0.15) is 0 Å². The molecule has 0 unspecified atom stereocenters. The van der Waals surface area contributed by atoms with Gasteiger partial charge in [0, 0.05) is 24.1 Å². The molecule has 4 nitrogen and oxygen atoms in total. The van der Waals surface area contributed by atoms with Crippen LogP contribution in [0.15, 0.2) is 29.6 Å². The van der Waals surface area contributed by atoms with Crippen LogP contribution < -0.4 is 4.74 Å². The van der Waals surface area contributed by atoms with E-state index in [1.165, 1.54) is 0 Å². The molecule has 0 saturated heterocycles. The summed E-state index contributed by atoms with van der Waals surface area (Å²) in [4.78, 5) is 4.51. The lowest BCUT2D eigenvalue weighted by Gasteiger charge is -2.04. The molecule has 3 rings (SSSR count).